The molecule has 0 saturated carbocycles. The van der Waals surface area contributed by atoms with E-state index in [1.807, 2.05) is 19.1 Å². The largest absolute Gasteiger partial charge is 0.485 e. The molecule has 158 valence electrons. The third kappa shape index (κ3) is 3.38. The maximum atomic E-state index is 14.7. The predicted molar refractivity (Wildman–Crippen MR) is 114 cm³/mol. The number of ether oxygens (including phenoxy) is 2. The van der Waals surface area contributed by atoms with E-state index < -0.39 is 18.0 Å². The Balaban J connectivity index is 1.61. The topological polar surface area (TPSA) is 106 Å². The normalized spacial score (nSPS) is 15.1. The van der Waals surface area contributed by atoms with Gasteiger partial charge in [-0.25, -0.2) is 24.1 Å². The molecule has 0 fully saturated rings. The van der Waals surface area contributed by atoms with Crippen LogP contribution < -0.4 is 14.8 Å². The van der Waals surface area contributed by atoms with Crippen LogP contribution in [0.2, 0.25) is 0 Å². The van der Waals surface area contributed by atoms with Crippen LogP contribution in [0.25, 0.3) is 31.8 Å². The number of rotatable bonds is 4. The quantitative estimate of drug-likeness (QED) is 0.495. The first kappa shape index (κ1) is 19.4. The Morgan fingerprint density at radius 2 is 2.19 bits per heavy atom. The molecule has 31 heavy (non-hydrogen) atoms. The summed E-state index contributed by atoms with van der Waals surface area (Å²) in [6, 6.07) is 5.26. The summed E-state index contributed by atoms with van der Waals surface area (Å²) in [5, 5.41) is 11.8. The van der Waals surface area contributed by atoms with Crippen molar-refractivity contribution in [3.63, 3.8) is 0 Å². The fraction of sp³-hybridized carbons (Fsp3) is 0.238. The van der Waals surface area contributed by atoms with E-state index in [9.17, 15) is 9.18 Å². The van der Waals surface area contributed by atoms with Gasteiger partial charge in [-0.15, -0.1) is 11.3 Å². The fourth-order valence-corrected chi connectivity index (χ4v) is 4.88. The van der Waals surface area contributed by atoms with Gasteiger partial charge in [0.15, 0.2) is 11.6 Å². The summed E-state index contributed by atoms with van der Waals surface area (Å²) in [5.41, 5.74) is 4.41. The zero-order chi connectivity index (χ0) is 21.7. The molecule has 1 aliphatic heterocycles. The first-order valence-corrected chi connectivity index (χ1v) is 10.3. The first-order chi connectivity index (χ1) is 14.9. The van der Waals surface area contributed by atoms with Gasteiger partial charge in [0, 0.05) is 23.6 Å². The smallest absolute Gasteiger partial charge is 0.404 e. The molecular weight excluding hydrogens is 423 g/mol. The molecular formula is C21H17FN4O4S. The molecule has 0 saturated heterocycles. The van der Waals surface area contributed by atoms with Crippen molar-refractivity contribution in [1.29, 1.82) is 0 Å². The highest BCUT2D eigenvalue weighted by Gasteiger charge is 2.30. The summed E-state index contributed by atoms with van der Waals surface area (Å²) in [7, 11) is 1.54. The van der Waals surface area contributed by atoms with Gasteiger partial charge in [-0.3, -0.25) is 0 Å². The number of fused-ring (bicyclic) bond motifs is 4. The minimum Gasteiger partial charge on any atom is -0.485 e. The van der Waals surface area contributed by atoms with Gasteiger partial charge in [0.05, 0.1) is 41.1 Å². The molecule has 1 atom stereocenters. The Morgan fingerprint density at radius 1 is 1.35 bits per heavy atom. The lowest BCUT2D eigenvalue weighted by molar-refractivity contribution is 0.179. The minimum atomic E-state index is -1.14. The van der Waals surface area contributed by atoms with Gasteiger partial charge >= 0.3 is 6.09 Å². The maximum Gasteiger partial charge on any atom is 0.404 e. The average Bonchev–Trinajstić information content (AvgIpc) is 3.35. The van der Waals surface area contributed by atoms with Crippen LogP contribution in [0, 0.1) is 12.7 Å². The van der Waals surface area contributed by atoms with Crippen LogP contribution in [-0.2, 0) is 6.42 Å². The number of hydrogen-bond donors (Lipinski definition) is 2. The van der Waals surface area contributed by atoms with Crippen molar-refractivity contribution < 1.29 is 23.8 Å². The monoisotopic (exact) mass is 440 g/mol. The molecule has 5 rings (SSSR count). The third-order valence-corrected chi connectivity index (χ3v) is 6.25. The third-order valence-electron chi connectivity index (χ3n) is 5.09. The van der Waals surface area contributed by atoms with Gasteiger partial charge in [-0.2, -0.15) is 0 Å². The number of benzene rings is 2. The molecule has 0 spiro atoms. The lowest BCUT2D eigenvalue weighted by Gasteiger charge is -2.09. The van der Waals surface area contributed by atoms with Crippen LogP contribution in [0.1, 0.15) is 11.1 Å². The highest BCUT2D eigenvalue weighted by molar-refractivity contribution is 7.22. The van der Waals surface area contributed by atoms with Crippen molar-refractivity contribution in [3.8, 4) is 22.2 Å². The zero-order valence-electron chi connectivity index (χ0n) is 16.6. The van der Waals surface area contributed by atoms with E-state index in [0.717, 1.165) is 15.8 Å². The average molecular weight is 440 g/mol. The number of nitrogens with zero attached hydrogens (tertiary/aromatic N) is 3. The van der Waals surface area contributed by atoms with Crippen LogP contribution in [0.15, 0.2) is 24.4 Å². The van der Waals surface area contributed by atoms with Crippen molar-refractivity contribution in [2.45, 2.75) is 19.4 Å². The summed E-state index contributed by atoms with van der Waals surface area (Å²) in [6.45, 7) is 2.04. The molecule has 2 aromatic heterocycles. The Kier molecular flexibility index (Phi) is 4.58. The Hall–Kier alpha value is -3.53. The van der Waals surface area contributed by atoms with Crippen LogP contribution in [0.5, 0.6) is 11.6 Å². The number of aromatic nitrogens is 3. The van der Waals surface area contributed by atoms with E-state index >= 15 is 0 Å². The van der Waals surface area contributed by atoms with Crippen LogP contribution in [0.4, 0.5) is 9.18 Å². The van der Waals surface area contributed by atoms with Crippen molar-refractivity contribution >= 4 is 38.7 Å². The molecule has 10 heteroatoms. The predicted octanol–water partition coefficient (Wildman–Crippen LogP) is 3.93. The number of thiazole rings is 1. The highest BCUT2D eigenvalue weighted by Crippen LogP contribution is 2.43. The van der Waals surface area contributed by atoms with E-state index in [-0.39, 0.29) is 12.3 Å². The Bertz CT molecular complexity index is 1360. The fourth-order valence-electron chi connectivity index (χ4n) is 3.77. The summed E-state index contributed by atoms with van der Waals surface area (Å²) < 4.78 is 26.3. The number of methoxy groups -OCH3 is 1. The molecule has 0 radical (unpaired) electrons. The highest BCUT2D eigenvalue weighted by atomic mass is 32.1. The van der Waals surface area contributed by atoms with E-state index in [0.29, 0.717) is 39.4 Å². The van der Waals surface area contributed by atoms with Crippen molar-refractivity contribution in [3.05, 3.63) is 41.3 Å². The van der Waals surface area contributed by atoms with Crippen LogP contribution in [-0.4, -0.2) is 45.9 Å². The zero-order valence-corrected chi connectivity index (χ0v) is 17.4. The lowest BCUT2D eigenvalue weighted by Crippen LogP contribution is -2.33. The number of carbonyl (C=O) groups is 1. The van der Waals surface area contributed by atoms with Crippen molar-refractivity contribution in [2.75, 3.05) is 13.7 Å². The van der Waals surface area contributed by atoms with E-state index in [1.54, 1.807) is 6.20 Å². The number of aryl methyl sites for hydroxylation is 1. The van der Waals surface area contributed by atoms with Crippen LogP contribution >= 0.6 is 11.3 Å². The van der Waals surface area contributed by atoms with Gasteiger partial charge in [0.2, 0.25) is 5.88 Å². The standard InChI is InChI=1S/C21H17FN4O4S/c1-9-3-11(17-14(4-9)25-16(29-2)8-23-17)20-26-15-6-13(22)18-12(19(15)31-20)5-10(30-18)7-24-21(27)28/h3-4,6,8,10,24H,5,7H2,1-2H3,(H,27,28). The molecule has 2 N–H and O–H groups in total. The van der Waals surface area contributed by atoms with E-state index in [2.05, 4.69) is 20.3 Å². The summed E-state index contributed by atoms with van der Waals surface area (Å²) in [6.07, 6.45) is 0.348. The molecule has 1 amide bonds. The second kappa shape index (κ2) is 7.31. The number of hydrogen-bond acceptors (Lipinski definition) is 7. The maximum absolute atomic E-state index is 14.7. The summed E-state index contributed by atoms with van der Waals surface area (Å²) >= 11 is 1.43. The van der Waals surface area contributed by atoms with E-state index in [4.69, 9.17) is 14.6 Å². The number of amides is 1. The van der Waals surface area contributed by atoms with Crippen molar-refractivity contribution in [2.24, 2.45) is 0 Å². The van der Waals surface area contributed by atoms with Gasteiger partial charge in [0.1, 0.15) is 11.1 Å². The number of nitrogens with one attached hydrogen (secondary N) is 1. The second-order valence-corrected chi connectivity index (χ2v) is 8.26. The number of halogens is 1. The minimum absolute atomic E-state index is 0.0799. The molecule has 0 aliphatic carbocycles. The first-order valence-electron chi connectivity index (χ1n) is 9.50. The van der Waals surface area contributed by atoms with Crippen molar-refractivity contribution in [1.82, 2.24) is 20.3 Å². The van der Waals surface area contributed by atoms with Gasteiger partial charge in [-0.05, 0) is 24.6 Å². The van der Waals surface area contributed by atoms with Gasteiger partial charge in [-0.1, -0.05) is 0 Å². The molecule has 4 aromatic rings. The lowest BCUT2D eigenvalue weighted by atomic mass is 10.1. The summed E-state index contributed by atoms with van der Waals surface area (Å²) in [5.74, 6) is 0.0840. The molecule has 3 heterocycles. The molecule has 1 aliphatic rings. The summed E-state index contributed by atoms with van der Waals surface area (Å²) in [4.78, 5) is 24.4. The van der Waals surface area contributed by atoms with Crippen LogP contribution in [0.3, 0.4) is 0 Å². The Morgan fingerprint density at radius 3 is 2.97 bits per heavy atom. The molecule has 8 nitrogen and oxygen atoms in total. The van der Waals surface area contributed by atoms with Gasteiger partial charge < -0.3 is 19.9 Å². The van der Waals surface area contributed by atoms with E-state index in [1.165, 1.54) is 24.5 Å². The Labute approximate surface area is 179 Å². The second-order valence-electron chi connectivity index (χ2n) is 7.26. The molecule has 1 unspecified atom stereocenters. The molecule has 2 aromatic carbocycles. The van der Waals surface area contributed by atoms with Gasteiger partial charge in [0.25, 0.3) is 0 Å². The number of carboxylic acid groups (broad SMARTS) is 1. The SMILES string of the molecule is COc1cnc2c(-c3nc4cc(F)c5c(c4s3)CC(CNC(=O)O)O5)cc(C)cc2n1. The molecule has 0 bridgehead atoms.